The number of hydrogen-bond donors (Lipinski definition) is 1. The van der Waals surface area contributed by atoms with E-state index >= 15 is 0 Å². The van der Waals surface area contributed by atoms with Crippen LogP contribution < -0.4 is 4.74 Å². The van der Waals surface area contributed by atoms with Crippen molar-refractivity contribution in [1.29, 1.82) is 0 Å². The van der Waals surface area contributed by atoms with E-state index in [-0.39, 0.29) is 6.61 Å². The van der Waals surface area contributed by atoms with Crippen molar-refractivity contribution in [2.75, 3.05) is 6.61 Å². The Morgan fingerprint density at radius 1 is 1.24 bits per heavy atom. The van der Waals surface area contributed by atoms with Crippen molar-refractivity contribution in [2.24, 2.45) is 0 Å². The first-order chi connectivity index (χ1) is 10.1. The van der Waals surface area contributed by atoms with Crippen LogP contribution in [0.4, 0.5) is 0 Å². The summed E-state index contributed by atoms with van der Waals surface area (Å²) in [7, 11) is 0. The predicted molar refractivity (Wildman–Crippen MR) is 83.7 cm³/mol. The molecule has 1 N–H and O–H groups in total. The molecule has 0 aromatic heterocycles. The quantitative estimate of drug-likeness (QED) is 0.817. The van der Waals surface area contributed by atoms with E-state index in [4.69, 9.17) is 25.1 Å². The van der Waals surface area contributed by atoms with Crippen molar-refractivity contribution in [3.8, 4) is 16.9 Å². The van der Waals surface area contributed by atoms with E-state index in [1.54, 1.807) is 19.1 Å². The molecule has 0 bridgehead atoms. The first kappa shape index (κ1) is 16.0. The second-order valence-corrected chi connectivity index (χ2v) is 5.50. The molecular weight excluding hydrogens is 312 g/mol. The fourth-order valence-corrected chi connectivity index (χ4v) is 2.36. The Morgan fingerprint density at radius 3 is 2.62 bits per heavy atom. The summed E-state index contributed by atoms with van der Waals surface area (Å²) in [6.07, 6.45) is -0.505. The monoisotopic (exact) mass is 326 g/mol. The normalized spacial score (nSPS) is 13.7. The number of ether oxygens (including phenoxy) is 1. The van der Waals surface area contributed by atoms with Crippen molar-refractivity contribution in [2.45, 2.75) is 13.0 Å². The Morgan fingerprint density at radius 2 is 1.95 bits per heavy atom. The third-order valence-electron chi connectivity index (χ3n) is 2.75. The molecule has 4 nitrogen and oxygen atoms in total. The minimum absolute atomic E-state index is 0.160. The van der Waals surface area contributed by atoms with Crippen LogP contribution in [0.15, 0.2) is 48.5 Å². The topological polar surface area (TPSA) is 55.8 Å². The summed E-state index contributed by atoms with van der Waals surface area (Å²) in [6, 6.07) is 15.0. The zero-order chi connectivity index (χ0) is 15.2. The Bertz CT molecular complexity index is 618. The molecule has 0 saturated carbocycles. The molecule has 2 aromatic rings. The highest BCUT2D eigenvalue weighted by atomic mass is 35.5. The average Bonchev–Trinajstić information content (AvgIpc) is 2.46. The van der Waals surface area contributed by atoms with Gasteiger partial charge in [-0.2, -0.15) is 4.21 Å². The van der Waals surface area contributed by atoms with Gasteiger partial charge in [0.1, 0.15) is 18.5 Å². The maximum atomic E-state index is 10.6. The minimum atomic E-state index is -2.30. The van der Waals surface area contributed by atoms with Crippen molar-refractivity contribution in [3.63, 3.8) is 0 Å². The highest BCUT2D eigenvalue weighted by molar-refractivity contribution is 7.74. The maximum Gasteiger partial charge on any atom is 0.302 e. The minimum Gasteiger partial charge on any atom is -0.490 e. The van der Waals surface area contributed by atoms with Crippen LogP contribution in [-0.4, -0.2) is 21.5 Å². The van der Waals surface area contributed by atoms with Gasteiger partial charge in [-0.25, -0.2) is 0 Å². The lowest BCUT2D eigenvalue weighted by atomic mass is 10.0. The third kappa shape index (κ3) is 4.82. The number of rotatable bonds is 6. The second kappa shape index (κ2) is 7.56. The van der Waals surface area contributed by atoms with E-state index in [0.29, 0.717) is 10.8 Å². The van der Waals surface area contributed by atoms with Crippen molar-refractivity contribution < 1.29 is 17.7 Å². The molecular formula is C15H15ClO4S. The molecule has 0 saturated heterocycles. The summed E-state index contributed by atoms with van der Waals surface area (Å²) in [5.41, 5.74) is 1.84. The van der Waals surface area contributed by atoms with Gasteiger partial charge >= 0.3 is 11.4 Å². The molecule has 2 rings (SSSR count). The first-order valence-corrected chi connectivity index (χ1v) is 7.73. The number of hydrogen-bond acceptors (Lipinski definition) is 3. The molecule has 112 valence electrons. The van der Waals surface area contributed by atoms with E-state index in [9.17, 15) is 4.21 Å². The van der Waals surface area contributed by atoms with Gasteiger partial charge in [0.2, 0.25) is 0 Å². The maximum absolute atomic E-state index is 10.6. The third-order valence-corrected chi connectivity index (χ3v) is 3.47. The Hall–Kier alpha value is -1.40. The summed E-state index contributed by atoms with van der Waals surface area (Å²) < 4.78 is 29.6. The van der Waals surface area contributed by atoms with Crippen LogP contribution in [0.3, 0.4) is 0 Å². The van der Waals surface area contributed by atoms with Gasteiger partial charge in [0, 0.05) is 10.6 Å². The molecule has 0 aliphatic heterocycles. The summed E-state index contributed by atoms with van der Waals surface area (Å²) in [5, 5.41) is 0.613. The smallest absolute Gasteiger partial charge is 0.302 e. The molecule has 2 atom stereocenters. The van der Waals surface area contributed by atoms with Crippen molar-refractivity contribution >= 4 is 23.0 Å². The van der Waals surface area contributed by atoms with Crippen LogP contribution >= 0.6 is 11.6 Å². The molecule has 0 fully saturated rings. The van der Waals surface area contributed by atoms with E-state index in [2.05, 4.69) is 0 Å². The van der Waals surface area contributed by atoms with Gasteiger partial charge in [-0.15, -0.1) is 0 Å². The Kier molecular flexibility index (Phi) is 5.76. The second-order valence-electron chi connectivity index (χ2n) is 4.44. The molecule has 0 radical (unpaired) electrons. The summed E-state index contributed by atoms with van der Waals surface area (Å²) >= 11 is 3.75. The largest absolute Gasteiger partial charge is 0.490 e. The van der Waals surface area contributed by atoms with Gasteiger partial charge in [-0.1, -0.05) is 41.9 Å². The van der Waals surface area contributed by atoms with E-state index in [1.807, 2.05) is 36.4 Å². The van der Waals surface area contributed by atoms with Crippen LogP contribution in [-0.2, 0) is 15.5 Å². The van der Waals surface area contributed by atoms with Crippen LogP contribution in [0.25, 0.3) is 11.1 Å². The highest BCUT2D eigenvalue weighted by Crippen LogP contribution is 2.32. The van der Waals surface area contributed by atoms with Crippen molar-refractivity contribution in [1.82, 2.24) is 0 Å². The van der Waals surface area contributed by atoms with Gasteiger partial charge in [-0.3, -0.25) is 8.74 Å². The lowest BCUT2D eigenvalue weighted by molar-refractivity contribution is 0.146. The van der Waals surface area contributed by atoms with E-state index < -0.39 is 17.5 Å². The average molecular weight is 327 g/mol. The summed E-state index contributed by atoms with van der Waals surface area (Å²) in [6.45, 7) is 1.82. The zero-order valence-corrected chi connectivity index (χ0v) is 12.9. The number of benzene rings is 2. The van der Waals surface area contributed by atoms with Crippen molar-refractivity contribution in [3.05, 3.63) is 53.6 Å². The molecule has 2 aromatic carbocycles. The standard InChI is InChI=1S/C15H15ClO4S/c1-11(20-21(17)18)10-19-15-8-7-13(16)9-14(15)12-5-3-2-4-6-12/h2-9,11H,10H2,1H3,(H,17,18). The number of halogens is 1. The molecule has 2 unspecified atom stereocenters. The van der Waals surface area contributed by atoms with Gasteiger partial charge in [-0.05, 0) is 30.7 Å². The Labute approximate surface area is 131 Å². The van der Waals surface area contributed by atoms with Crippen LogP contribution in [0.1, 0.15) is 6.92 Å². The zero-order valence-electron chi connectivity index (χ0n) is 11.4. The van der Waals surface area contributed by atoms with Gasteiger partial charge in [0.15, 0.2) is 0 Å². The summed E-state index contributed by atoms with van der Waals surface area (Å²) in [5.74, 6) is 0.643. The molecule has 0 heterocycles. The lowest BCUT2D eigenvalue weighted by Gasteiger charge is -2.15. The van der Waals surface area contributed by atoms with Crippen LogP contribution in [0.5, 0.6) is 5.75 Å². The highest BCUT2D eigenvalue weighted by Gasteiger charge is 2.11. The van der Waals surface area contributed by atoms with Crippen LogP contribution in [0.2, 0.25) is 5.02 Å². The molecule has 6 heteroatoms. The lowest BCUT2D eigenvalue weighted by Crippen LogP contribution is -2.19. The predicted octanol–water partition coefficient (Wildman–Crippen LogP) is 3.93. The molecule has 0 aliphatic rings. The van der Waals surface area contributed by atoms with Crippen LogP contribution in [0, 0.1) is 0 Å². The summed E-state index contributed by atoms with van der Waals surface area (Å²) in [4.78, 5) is 0. The fraction of sp³-hybridized carbons (Fsp3) is 0.200. The SMILES string of the molecule is CC(COc1ccc(Cl)cc1-c1ccccc1)OS(=O)O. The van der Waals surface area contributed by atoms with E-state index in [1.165, 1.54) is 0 Å². The first-order valence-electron chi connectivity index (χ1n) is 6.32. The van der Waals surface area contributed by atoms with Gasteiger partial charge in [0.25, 0.3) is 0 Å². The van der Waals surface area contributed by atoms with E-state index in [0.717, 1.165) is 11.1 Å². The Balaban J connectivity index is 2.18. The molecule has 0 amide bonds. The molecule has 0 aliphatic carbocycles. The molecule has 21 heavy (non-hydrogen) atoms. The van der Waals surface area contributed by atoms with Gasteiger partial charge in [0.05, 0.1) is 0 Å². The fourth-order valence-electron chi connectivity index (χ4n) is 1.85. The molecule has 0 spiro atoms. The van der Waals surface area contributed by atoms with Gasteiger partial charge < -0.3 is 4.74 Å².